The predicted octanol–water partition coefficient (Wildman–Crippen LogP) is -0.305. The van der Waals surface area contributed by atoms with E-state index >= 15 is 0 Å². The SMILES string of the molecule is NC(Cc1ncc[nH]1)C1COCCO1. The third-order valence-electron chi connectivity index (χ3n) is 2.30. The summed E-state index contributed by atoms with van der Waals surface area (Å²) in [4.78, 5) is 7.14. The maximum absolute atomic E-state index is 5.97. The van der Waals surface area contributed by atoms with Crippen molar-refractivity contribution in [1.82, 2.24) is 9.97 Å². The van der Waals surface area contributed by atoms with E-state index in [1.54, 1.807) is 12.4 Å². The Kier molecular flexibility index (Phi) is 3.13. The zero-order valence-corrected chi connectivity index (χ0v) is 7.98. The number of H-pyrrole nitrogens is 1. The number of hydrogen-bond acceptors (Lipinski definition) is 4. The molecule has 2 atom stereocenters. The number of hydrogen-bond donors (Lipinski definition) is 2. The largest absolute Gasteiger partial charge is 0.376 e. The van der Waals surface area contributed by atoms with E-state index in [0.29, 0.717) is 26.2 Å². The molecule has 1 aromatic rings. The molecule has 3 N–H and O–H groups in total. The molecule has 0 aliphatic carbocycles. The standard InChI is InChI=1S/C9H15N3O2/c10-7(5-9-11-1-2-12-9)8-6-13-3-4-14-8/h1-2,7-8H,3-6,10H2,(H,11,12). The molecule has 0 radical (unpaired) electrons. The first-order chi connectivity index (χ1) is 6.86. The zero-order chi connectivity index (χ0) is 9.80. The van der Waals surface area contributed by atoms with Gasteiger partial charge in [-0.2, -0.15) is 0 Å². The number of imidazole rings is 1. The van der Waals surface area contributed by atoms with Crippen molar-refractivity contribution < 1.29 is 9.47 Å². The summed E-state index contributed by atoms with van der Waals surface area (Å²) in [6.45, 7) is 1.89. The first kappa shape index (κ1) is 9.64. The van der Waals surface area contributed by atoms with Crippen LogP contribution in [0.15, 0.2) is 12.4 Å². The lowest BCUT2D eigenvalue weighted by atomic mass is 10.1. The quantitative estimate of drug-likeness (QED) is 0.697. The molecule has 2 rings (SSSR count). The van der Waals surface area contributed by atoms with Gasteiger partial charge in [0.1, 0.15) is 5.82 Å². The van der Waals surface area contributed by atoms with E-state index in [2.05, 4.69) is 9.97 Å². The lowest BCUT2D eigenvalue weighted by Crippen LogP contribution is -2.45. The van der Waals surface area contributed by atoms with Gasteiger partial charge in [-0.05, 0) is 0 Å². The molecule has 0 bridgehead atoms. The Morgan fingerprint density at radius 2 is 2.57 bits per heavy atom. The number of rotatable bonds is 3. The average Bonchev–Trinajstić information content (AvgIpc) is 2.72. The van der Waals surface area contributed by atoms with Gasteiger partial charge < -0.3 is 20.2 Å². The van der Waals surface area contributed by atoms with Gasteiger partial charge >= 0.3 is 0 Å². The van der Waals surface area contributed by atoms with Crippen molar-refractivity contribution in [2.45, 2.75) is 18.6 Å². The van der Waals surface area contributed by atoms with Crippen molar-refractivity contribution in [1.29, 1.82) is 0 Å². The molecule has 1 saturated heterocycles. The fourth-order valence-electron chi connectivity index (χ4n) is 1.52. The van der Waals surface area contributed by atoms with Crippen LogP contribution >= 0.6 is 0 Å². The van der Waals surface area contributed by atoms with Crippen LogP contribution in [0.2, 0.25) is 0 Å². The Morgan fingerprint density at radius 1 is 1.64 bits per heavy atom. The second-order valence-corrected chi connectivity index (χ2v) is 3.39. The molecule has 0 saturated carbocycles. The summed E-state index contributed by atoms with van der Waals surface area (Å²) in [6, 6.07) is -0.0542. The highest BCUT2D eigenvalue weighted by Gasteiger charge is 2.22. The van der Waals surface area contributed by atoms with Gasteiger partial charge in [-0.15, -0.1) is 0 Å². The monoisotopic (exact) mass is 197 g/mol. The number of aromatic nitrogens is 2. The molecule has 1 aliphatic rings. The molecule has 2 heterocycles. The van der Waals surface area contributed by atoms with Crippen LogP contribution in [0.3, 0.4) is 0 Å². The van der Waals surface area contributed by atoms with Gasteiger partial charge in [0.05, 0.1) is 25.9 Å². The van der Waals surface area contributed by atoms with Crippen molar-refractivity contribution in [2.75, 3.05) is 19.8 Å². The third-order valence-corrected chi connectivity index (χ3v) is 2.30. The Morgan fingerprint density at radius 3 is 3.21 bits per heavy atom. The van der Waals surface area contributed by atoms with Crippen LogP contribution in [0.1, 0.15) is 5.82 Å². The summed E-state index contributed by atoms with van der Waals surface area (Å²) < 4.78 is 10.8. The number of aromatic amines is 1. The van der Waals surface area contributed by atoms with Crippen LogP contribution in [0.5, 0.6) is 0 Å². The van der Waals surface area contributed by atoms with Crippen molar-refractivity contribution in [3.8, 4) is 0 Å². The molecular formula is C9H15N3O2. The molecule has 1 aliphatic heterocycles. The van der Waals surface area contributed by atoms with Crippen molar-refractivity contribution in [3.05, 3.63) is 18.2 Å². The van der Waals surface area contributed by atoms with E-state index in [0.717, 1.165) is 5.82 Å². The fraction of sp³-hybridized carbons (Fsp3) is 0.667. The molecule has 0 spiro atoms. The van der Waals surface area contributed by atoms with E-state index in [1.165, 1.54) is 0 Å². The molecule has 14 heavy (non-hydrogen) atoms. The fourth-order valence-corrected chi connectivity index (χ4v) is 1.52. The van der Waals surface area contributed by atoms with Gasteiger partial charge in [-0.25, -0.2) is 4.98 Å². The highest BCUT2D eigenvalue weighted by atomic mass is 16.6. The van der Waals surface area contributed by atoms with Crippen LogP contribution < -0.4 is 5.73 Å². The summed E-state index contributed by atoms with van der Waals surface area (Å²) in [5.74, 6) is 0.895. The van der Waals surface area contributed by atoms with E-state index in [-0.39, 0.29) is 12.1 Å². The van der Waals surface area contributed by atoms with E-state index in [4.69, 9.17) is 15.2 Å². The smallest absolute Gasteiger partial charge is 0.107 e. The molecule has 2 unspecified atom stereocenters. The van der Waals surface area contributed by atoms with Crippen LogP contribution in [0.25, 0.3) is 0 Å². The Bertz CT molecular complexity index is 257. The first-order valence-electron chi connectivity index (χ1n) is 4.79. The topological polar surface area (TPSA) is 73.2 Å². The molecule has 0 aromatic carbocycles. The van der Waals surface area contributed by atoms with Gasteiger partial charge in [0.15, 0.2) is 0 Å². The molecular weight excluding hydrogens is 182 g/mol. The predicted molar refractivity (Wildman–Crippen MR) is 50.8 cm³/mol. The van der Waals surface area contributed by atoms with Crippen LogP contribution in [-0.2, 0) is 15.9 Å². The van der Waals surface area contributed by atoms with Crippen LogP contribution in [-0.4, -0.2) is 41.9 Å². The minimum atomic E-state index is -0.0542. The molecule has 0 amide bonds. The van der Waals surface area contributed by atoms with E-state index in [9.17, 15) is 0 Å². The first-order valence-corrected chi connectivity index (χ1v) is 4.79. The molecule has 1 fully saturated rings. The summed E-state index contributed by atoms with van der Waals surface area (Å²) in [7, 11) is 0. The second-order valence-electron chi connectivity index (χ2n) is 3.39. The summed E-state index contributed by atoms with van der Waals surface area (Å²) >= 11 is 0. The second kappa shape index (κ2) is 4.54. The van der Waals surface area contributed by atoms with Gasteiger partial charge in [-0.1, -0.05) is 0 Å². The van der Waals surface area contributed by atoms with Gasteiger partial charge in [-0.3, -0.25) is 0 Å². The Balaban J connectivity index is 1.85. The highest BCUT2D eigenvalue weighted by molar-refractivity contribution is 4.92. The third kappa shape index (κ3) is 2.31. The van der Waals surface area contributed by atoms with Gasteiger partial charge in [0, 0.05) is 24.9 Å². The lowest BCUT2D eigenvalue weighted by molar-refractivity contribution is -0.0969. The van der Waals surface area contributed by atoms with Gasteiger partial charge in [0.25, 0.3) is 0 Å². The normalized spacial score (nSPS) is 24.8. The summed E-state index contributed by atoms with van der Waals surface area (Å²) in [5.41, 5.74) is 5.97. The Hall–Kier alpha value is -0.910. The van der Waals surface area contributed by atoms with Crippen molar-refractivity contribution in [2.24, 2.45) is 5.73 Å². The highest BCUT2D eigenvalue weighted by Crippen LogP contribution is 2.07. The number of ether oxygens (including phenoxy) is 2. The number of nitrogens with two attached hydrogens (primary N) is 1. The zero-order valence-electron chi connectivity index (χ0n) is 7.98. The number of nitrogens with one attached hydrogen (secondary N) is 1. The summed E-state index contributed by atoms with van der Waals surface area (Å²) in [5, 5.41) is 0. The Labute approximate surface area is 82.6 Å². The molecule has 1 aromatic heterocycles. The minimum Gasteiger partial charge on any atom is -0.376 e. The van der Waals surface area contributed by atoms with E-state index in [1.807, 2.05) is 0 Å². The lowest BCUT2D eigenvalue weighted by Gasteiger charge is -2.27. The van der Waals surface area contributed by atoms with E-state index < -0.39 is 0 Å². The van der Waals surface area contributed by atoms with Crippen molar-refractivity contribution >= 4 is 0 Å². The van der Waals surface area contributed by atoms with Crippen LogP contribution in [0, 0.1) is 0 Å². The summed E-state index contributed by atoms with van der Waals surface area (Å²) in [6.07, 6.45) is 4.20. The van der Waals surface area contributed by atoms with Crippen LogP contribution in [0.4, 0.5) is 0 Å². The molecule has 5 nitrogen and oxygen atoms in total. The average molecular weight is 197 g/mol. The molecule has 5 heteroatoms. The number of nitrogens with zero attached hydrogens (tertiary/aromatic N) is 1. The van der Waals surface area contributed by atoms with Crippen molar-refractivity contribution in [3.63, 3.8) is 0 Å². The molecule has 78 valence electrons. The maximum atomic E-state index is 5.97. The minimum absolute atomic E-state index is 0.00569. The maximum Gasteiger partial charge on any atom is 0.107 e. The van der Waals surface area contributed by atoms with Gasteiger partial charge in [0.2, 0.25) is 0 Å².